The number of nitrogens with zero attached hydrogens (tertiary/aromatic N) is 3. The third-order valence-electron chi connectivity index (χ3n) is 5.93. The molecule has 0 atom stereocenters. The largest absolute Gasteiger partial charge is 0.325 e. The van der Waals surface area contributed by atoms with Crippen molar-refractivity contribution in [1.29, 1.82) is 0 Å². The number of hydrogen-bond donors (Lipinski definition) is 1. The molecule has 2 aromatic heterocycles. The van der Waals surface area contributed by atoms with Crippen LogP contribution in [-0.2, 0) is 17.9 Å². The quantitative estimate of drug-likeness (QED) is 0.326. The maximum Gasteiger partial charge on any atom is 0.278 e. The summed E-state index contributed by atoms with van der Waals surface area (Å²) in [4.78, 5) is 31.1. The Bertz CT molecular complexity index is 1680. The van der Waals surface area contributed by atoms with Crippen LogP contribution >= 0.6 is 23.2 Å². The Morgan fingerprint density at radius 1 is 1.06 bits per heavy atom. The van der Waals surface area contributed by atoms with Gasteiger partial charge in [-0.15, -0.1) is 0 Å². The molecule has 35 heavy (non-hydrogen) atoms. The molecular formula is C26H19Cl2FN4O2. The zero-order valence-electron chi connectivity index (χ0n) is 18.6. The number of rotatable bonds is 5. The second-order valence-electron chi connectivity index (χ2n) is 8.17. The van der Waals surface area contributed by atoms with Crippen LogP contribution in [0.1, 0.15) is 11.1 Å². The molecule has 0 saturated heterocycles. The van der Waals surface area contributed by atoms with E-state index in [-0.39, 0.29) is 30.1 Å². The minimum atomic E-state index is -0.461. The summed E-state index contributed by atoms with van der Waals surface area (Å²) in [7, 11) is 0. The van der Waals surface area contributed by atoms with Crippen LogP contribution < -0.4 is 10.9 Å². The Morgan fingerprint density at radius 2 is 1.83 bits per heavy atom. The molecule has 1 amide bonds. The summed E-state index contributed by atoms with van der Waals surface area (Å²) in [5, 5.41) is 4.35. The molecule has 176 valence electrons. The van der Waals surface area contributed by atoms with Crippen molar-refractivity contribution in [1.82, 2.24) is 14.1 Å². The molecule has 0 bridgehead atoms. The molecule has 0 aliphatic carbocycles. The van der Waals surface area contributed by atoms with Crippen LogP contribution in [0, 0.1) is 12.7 Å². The van der Waals surface area contributed by atoms with Gasteiger partial charge in [-0.25, -0.2) is 9.37 Å². The summed E-state index contributed by atoms with van der Waals surface area (Å²) in [6.07, 6.45) is 1.41. The van der Waals surface area contributed by atoms with Crippen molar-refractivity contribution in [3.63, 3.8) is 0 Å². The fourth-order valence-electron chi connectivity index (χ4n) is 4.14. The molecule has 0 unspecified atom stereocenters. The average molecular weight is 509 g/mol. The van der Waals surface area contributed by atoms with Crippen molar-refractivity contribution in [2.24, 2.45) is 0 Å². The van der Waals surface area contributed by atoms with Gasteiger partial charge in [-0.3, -0.25) is 14.2 Å². The van der Waals surface area contributed by atoms with Crippen molar-refractivity contribution >= 4 is 56.7 Å². The normalized spacial score (nSPS) is 11.3. The minimum Gasteiger partial charge on any atom is -0.325 e. The van der Waals surface area contributed by atoms with Crippen molar-refractivity contribution in [2.75, 3.05) is 5.32 Å². The maximum atomic E-state index is 14.1. The SMILES string of the molecule is Cc1c(Cl)cccc1NC(=O)Cn1c2ccc(F)cc2c2ncn(Cc3ccccc3Cl)c(=O)c21. The number of fused-ring (bicyclic) bond motifs is 3. The summed E-state index contributed by atoms with van der Waals surface area (Å²) < 4.78 is 17.1. The summed E-state index contributed by atoms with van der Waals surface area (Å²) >= 11 is 12.5. The summed E-state index contributed by atoms with van der Waals surface area (Å²) in [6.45, 7) is 1.83. The molecule has 5 aromatic rings. The smallest absolute Gasteiger partial charge is 0.278 e. The number of halogens is 3. The molecule has 0 radical (unpaired) electrons. The first-order chi connectivity index (χ1) is 16.8. The molecule has 0 saturated carbocycles. The van der Waals surface area contributed by atoms with E-state index in [0.717, 1.165) is 11.1 Å². The molecule has 0 spiro atoms. The van der Waals surface area contributed by atoms with Crippen molar-refractivity contribution < 1.29 is 9.18 Å². The van der Waals surface area contributed by atoms with Gasteiger partial charge in [0.25, 0.3) is 5.56 Å². The van der Waals surface area contributed by atoms with Gasteiger partial charge >= 0.3 is 0 Å². The second-order valence-corrected chi connectivity index (χ2v) is 8.99. The van der Waals surface area contributed by atoms with Crippen LogP contribution in [0.4, 0.5) is 10.1 Å². The number of amides is 1. The molecule has 6 nitrogen and oxygen atoms in total. The number of carbonyl (C=O) groups is 1. The lowest BCUT2D eigenvalue weighted by Crippen LogP contribution is -2.25. The lowest BCUT2D eigenvalue weighted by molar-refractivity contribution is -0.116. The number of benzene rings is 3. The number of carbonyl (C=O) groups excluding carboxylic acids is 1. The van der Waals surface area contributed by atoms with E-state index in [2.05, 4.69) is 10.3 Å². The molecule has 3 aromatic carbocycles. The van der Waals surface area contributed by atoms with Crippen LogP contribution in [-0.4, -0.2) is 20.0 Å². The van der Waals surface area contributed by atoms with E-state index in [4.69, 9.17) is 23.2 Å². The number of anilines is 1. The number of hydrogen-bond acceptors (Lipinski definition) is 3. The van der Waals surface area contributed by atoms with E-state index in [1.807, 2.05) is 18.2 Å². The molecule has 0 aliphatic rings. The fourth-order valence-corrected chi connectivity index (χ4v) is 4.51. The van der Waals surface area contributed by atoms with Crippen LogP contribution in [0.2, 0.25) is 10.0 Å². The molecular weight excluding hydrogens is 490 g/mol. The lowest BCUT2D eigenvalue weighted by Gasteiger charge is -2.12. The summed E-state index contributed by atoms with van der Waals surface area (Å²) in [6, 6.07) is 16.6. The lowest BCUT2D eigenvalue weighted by atomic mass is 10.2. The van der Waals surface area contributed by atoms with Gasteiger partial charge in [-0.1, -0.05) is 47.5 Å². The van der Waals surface area contributed by atoms with Gasteiger partial charge in [0.15, 0.2) is 0 Å². The standard InChI is InChI=1S/C26H19Cl2FN4O2/c1-15-19(27)7-4-8-21(15)31-23(34)13-33-22-10-9-17(29)11-18(22)24-25(33)26(35)32(14-30-24)12-16-5-2-3-6-20(16)28/h2-11,14H,12-13H2,1H3,(H,31,34). The Labute approximate surface area is 209 Å². The number of nitrogens with one attached hydrogen (secondary N) is 1. The maximum absolute atomic E-state index is 14.1. The Morgan fingerprint density at radius 3 is 2.63 bits per heavy atom. The van der Waals surface area contributed by atoms with Crippen molar-refractivity contribution in [3.05, 3.63) is 104 Å². The van der Waals surface area contributed by atoms with Crippen molar-refractivity contribution in [3.8, 4) is 0 Å². The van der Waals surface area contributed by atoms with E-state index in [1.165, 1.54) is 23.0 Å². The van der Waals surface area contributed by atoms with Gasteiger partial charge in [0.2, 0.25) is 5.91 Å². The van der Waals surface area contributed by atoms with E-state index >= 15 is 0 Å². The Kier molecular flexibility index (Phi) is 6.05. The molecule has 5 rings (SSSR count). The Balaban J connectivity index is 1.62. The molecule has 0 fully saturated rings. The predicted octanol–water partition coefficient (Wildman–Crippen LogP) is 5.79. The monoisotopic (exact) mass is 508 g/mol. The minimum absolute atomic E-state index is 0.176. The van der Waals surface area contributed by atoms with Gasteiger partial charge < -0.3 is 9.88 Å². The first-order valence-corrected chi connectivity index (χ1v) is 11.5. The third kappa shape index (κ3) is 4.29. The first kappa shape index (κ1) is 23.1. The van der Waals surface area contributed by atoms with E-state index in [0.29, 0.717) is 32.2 Å². The molecule has 0 aliphatic heterocycles. The summed E-state index contributed by atoms with van der Waals surface area (Å²) in [5.74, 6) is -0.822. The van der Waals surface area contributed by atoms with Gasteiger partial charge in [0.05, 0.1) is 18.4 Å². The third-order valence-corrected chi connectivity index (χ3v) is 6.71. The highest BCUT2D eigenvalue weighted by Crippen LogP contribution is 2.27. The van der Waals surface area contributed by atoms with Crippen molar-refractivity contribution in [2.45, 2.75) is 20.0 Å². The van der Waals surface area contributed by atoms with E-state index < -0.39 is 5.82 Å². The second kappa shape index (κ2) is 9.17. The molecule has 2 heterocycles. The highest BCUT2D eigenvalue weighted by molar-refractivity contribution is 6.32. The van der Waals surface area contributed by atoms with Crippen LogP contribution in [0.15, 0.2) is 71.8 Å². The van der Waals surface area contributed by atoms with E-state index in [1.54, 1.807) is 41.8 Å². The zero-order chi connectivity index (χ0) is 24.7. The Hall–Kier alpha value is -3.68. The zero-order valence-corrected chi connectivity index (χ0v) is 20.1. The highest BCUT2D eigenvalue weighted by atomic mass is 35.5. The van der Waals surface area contributed by atoms with Gasteiger partial charge in [-0.05, 0) is 54.4 Å². The molecule has 9 heteroatoms. The first-order valence-electron chi connectivity index (χ1n) is 10.8. The fraction of sp³-hybridized carbons (Fsp3) is 0.115. The topological polar surface area (TPSA) is 68.9 Å². The van der Waals surface area contributed by atoms with Gasteiger partial charge in [-0.2, -0.15) is 0 Å². The van der Waals surface area contributed by atoms with Crippen LogP contribution in [0.5, 0.6) is 0 Å². The van der Waals surface area contributed by atoms with Gasteiger partial charge in [0.1, 0.15) is 23.4 Å². The van der Waals surface area contributed by atoms with Gasteiger partial charge in [0, 0.05) is 21.1 Å². The average Bonchev–Trinajstić information content (AvgIpc) is 3.13. The summed E-state index contributed by atoms with van der Waals surface area (Å²) in [5.41, 5.74) is 2.75. The van der Waals surface area contributed by atoms with E-state index in [9.17, 15) is 14.0 Å². The molecule has 1 N–H and O–H groups in total. The predicted molar refractivity (Wildman–Crippen MR) is 137 cm³/mol. The van der Waals surface area contributed by atoms with Crippen LogP contribution in [0.3, 0.4) is 0 Å². The number of aromatic nitrogens is 3. The highest BCUT2D eigenvalue weighted by Gasteiger charge is 2.20. The van der Waals surface area contributed by atoms with Crippen LogP contribution in [0.25, 0.3) is 21.9 Å².